The minimum Gasteiger partial charge on any atom is -0.421 e. The topological polar surface area (TPSA) is 39.2 Å². The molecule has 0 spiro atoms. The van der Waals surface area contributed by atoms with E-state index in [1.165, 1.54) is 0 Å². The van der Waals surface area contributed by atoms with E-state index in [0.717, 1.165) is 10.9 Å². The van der Waals surface area contributed by atoms with Crippen molar-refractivity contribution >= 4 is 28.5 Å². The summed E-state index contributed by atoms with van der Waals surface area (Å²) in [7, 11) is 0. The number of carbonyl (C=O) groups is 1. The number of aromatic nitrogens is 1. The van der Waals surface area contributed by atoms with E-state index in [9.17, 15) is 4.79 Å². The molecule has 1 heterocycles. The second-order valence-electron chi connectivity index (χ2n) is 4.70. The van der Waals surface area contributed by atoms with Crippen molar-refractivity contribution in [1.29, 1.82) is 0 Å². The van der Waals surface area contributed by atoms with Crippen LogP contribution < -0.4 is 4.74 Å². The van der Waals surface area contributed by atoms with E-state index in [1.54, 1.807) is 36.5 Å². The van der Waals surface area contributed by atoms with Gasteiger partial charge >= 0.3 is 5.97 Å². The van der Waals surface area contributed by atoms with Crippen molar-refractivity contribution in [2.24, 2.45) is 0 Å². The van der Waals surface area contributed by atoms with Crippen LogP contribution in [-0.2, 0) is 0 Å². The molecule has 0 amide bonds. The van der Waals surface area contributed by atoms with Gasteiger partial charge in [-0.3, -0.25) is 4.98 Å². The number of halogens is 1. The van der Waals surface area contributed by atoms with Crippen molar-refractivity contribution in [3.63, 3.8) is 0 Å². The molecule has 0 N–H and O–H groups in total. The number of hydrogen-bond acceptors (Lipinski definition) is 3. The lowest BCUT2D eigenvalue weighted by molar-refractivity contribution is 0.0737. The average molecular weight is 298 g/mol. The molecule has 0 saturated heterocycles. The number of pyridine rings is 1. The number of nitrogens with zero attached hydrogens (tertiary/aromatic N) is 1. The molecular formula is C17H12ClNO2. The highest BCUT2D eigenvalue weighted by Gasteiger charge is 2.12. The molecule has 2 aromatic carbocycles. The second kappa shape index (κ2) is 5.54. The Morgan fingerprint density at radius 3 is 2.62 bits per heavy atom. The fourth-order valence-corrected chi connectivity index (χ4v) is 2.26. The first kappa shape index (κ1) is 13.6. The van der Waals surface area contributed by atoms with Crippen molar-refractivity contribution in [2.45, 2.75) is 6.92 Å². The summed E-state index contributed by atoms with van der Waals surface area (Å²) in [6, 6.07) is 14.2. The first-order valence-electron chi connectivity index (χ1n) is 6.47. The lowest BCUT2D eigenvalue weighted by Crippen LogP contribution is -2.08. The van der Waals surface area contributed by atoms with E-state index < -0.39 is 5.97 Å². The molecule has 0 aliphatic heterocycles. The molecule has 21 heavy (non-hydrogen) atoms. The van der Waals surface area contributed by atoms with E-state index >= 15 is 0 Å². The Hall–Kier alpha value is -2.39. The van der Waals surface area contributed by atoms with Crippen molar-refractivity contribution in [1.82, 2.24) is 4.98 Å². The Kier molecular flexibility index (Phi) is 3.59. The molecule has 0 atom stereocenters. The van der Waals surface area contributed by atoms with Gasteiger partial charge < -0.3 is 4.74 Å². The molecule has 0 fully saturated rings. The van der Waals surface area contributed by atoms with E-state index in [-0.39, 0.29) is 0 Å². The summed E-state index contributed by atoms with van der Waals surface area (Å²) >= 11 is 6.12. The van der Waals surface area contributed by atoms with Crippen LogP contribution in [0.5, 0.6) is 5.75 Å². The first-order chi connectivity index (χ1) is 10.1. The van der Waals surface area contributed by atoms with Crippen molar-refractivity contribution in [3.05, 3.63) is 70.9 Å². The molecule has 3 nitrogen and oxygen atoms in total. The molecule has 0 radical (unpaired) electrons. The monoisotopic (exact) mass is 297 g/mol. The largest absolute Gasteiger partial charge is 0.421 e. The SMILES string of the molecule is Cc1ccc(C(=O)Oc2ccc(Cl)c3cccnc23)cc1. The van der Waals surface area contributed by atoms with Crippen LogP contribution in [0.25, 0.3) is 10.9 Å². The van der Waals surface area contributed by atoms with Gasteiger partial charge in [-0.2, -0.15) is 0 Å². The molecule has 0 aliphatic carbocycles. The van der Waals surface area contributed by atoms with E-state index in [0.29, 0.717) is 21.9 Å². The number of rotatable bonds is 2. The average Bonchev–Trinajstić information content (AvgIpc) is 2.51. The summed E-state index contributed by atoms with van der Waals surface area (Å²) in [6.45, 7) is 1.96. The zero-order valence-corrected chi connectivity index (χ0v) is 12.1. The van der Waals surface area contributed by atoms with Gasteiger partial charge in [0.25, 0.3) is 0 Å². The third-order valence-electron chi connectivity index (χ3n) is 3.17. The maximum absolute atomic E-state index is 12.2. The molecule has 0 bridgehead atoms. The quantitative estimate of drug-likeness (QED) is 0.519. The van der Waals surface area contributed by atoms with Gasteiger partial charge in [0.1, 0.15) is 5.52 Å². The van der Waals surface area contributed by atoms with Crippen molar-refractivity contribution < 1.29 is 9.53 Å². The van der Waals surface area contributed by atoms with Crippen LogP contribution in [-0.4, -0.2) is 11.0 Å². The standard InChI is InChI=1S/C17H12ClNO2/c1-11-4-6-12(7-5-11)17(20)21-15-9-8-14(18)13-3-2-10-19-16(13)15/h2-10H,1H3. The van der Waals surface area contributed by atoms with Gasteiger partial charge in [0.05, 0.1) is 10.6 Å². The lowest BCUT2D eigenvalue weighted by atomic mass is 10.1. The fourth-order valence-electron chi connectivity index (χ4n) is 2.04. The van der Waals surface area contributed by atoms with Crippen molar-refractivity contribution in [3.8, 4) is 5.75 Å². The van der Waals surface area contributed by atoms with Crippen LogP contribution in [0.15, 0.2) is 54.7 Å². The maximum atomic E-state index is 12.2. The van der Waals surface area contributed by atoms with E-state index in [2.05, 4.69) is 4.98 Å². The Morgan fingerprint density at radius 1 is 1.10 bits per heavy atom. The Bertz CT molecular complexity index is 813. The normalized spacial score (nSPS) is 10.6. The van der Waals surface area contributed by atoms with E-state index in [4.69, 9.17) is 16.3 Å². The number of hydrogen-bond donors (Lipinski definition) is 0. The summed E-state index contributed by atoms with van der Waals surface area (Å²) in [5.74, 6) is -0.00940. The zero-order chi connectivity index (χ0) is 14.8. The van der Waals surface area contributed by atoms with Crippen LogP contribution in [0.4, 0.5) is 0 Å². The van der Waals surface area contributed by atoms with Crippen LogP contribution >= 0.6 is 11.6 Å². The van der Waals surface area contributed by atoms with Crippen LogP contribution in [0.3, 0.4) is 0 Å². The van der Waals surface area contributed by atoms with Crippen LogP contribution in [0, 0.1) is 6.92 Å². The number of esters is 1. The highest BCUT2D eigenvalue weighted by Crippen LogP contribution is 2.30. The lowest BCUT2D eigenvalue weighted by Gasteiger charge is -2.08. The van der Waals surface area contributed by atoms with Gasteiger partial charge in [-0.25, -0.2) is 4.79 Å². The molecule has 3 rings (SSSR count). The highest BCUT2D eigenvalue weighted by atomic mass is 35.5. The Labute approximate surface area is 127 Å². The van der Waals surface area contributed by atoms with Gasteiger partial charge in [0.2, 0.25) is 0 Å². The molecule has 0 unspecified atom stereocenters. The number of aryl methyl sites for hydroxylation is 1. The number of benzene rings is 2. The smallest absolute Gasteiger partial charge is 0.343 e. The highest BCUT2D eigenvalue weighted by molar-refractivity contribution is 6.35. The van der Waals surface area contributed by atoms with Gasteiger partial charge in [0.15, 0.2) is 5.75 Å². The van der Waals surface area contributed by atoms with Crippen LogP contribution in [0.2, 0.25) is 5.02 Å². The Balaban J connectivity index is 1.97. The molecule has 0 aliphatic rings. The number of fused-ring (bicyclic) bond motifs is 1. The molecule has 104 valence electrons. The summed E-state index contributed by atoms with van der Waals surface area (Å²) in [5, 5.41) is 1.33. The van der Waals surface area contributed by atoms with Gasteiger partial charge in [-0.1, -0.05) is 29.3 Å². The van der Waals surface area contributed by atoms with Gasteiger partial charge in [-0.15, -0.1) is 0 Å². The molecule has 1 aromatic heterocycles. The fraction of sp³-hybridized carbons (Fsp3) is 0.0588. The zero-order valence-electron chi connectivity index (χ0n) is 11.3. The molecule has 4 heteroatoms. The summed E-state index contributed by atoms with van der Waals surface area (Å²) in [4.78, 5) is 16.4. The first-order valence-corrected chi connectivity index (χ1v) is 6.85. The predicted octanol–water partition coefficient (Wildman–Crippen LogP) is 4.42. The van der Waals surface area contributed by atoms with E-state index in [1.807, 2.05) is 25.1 Å². The van der Waals surface area contributed by atoms with Gasteiger partial charge in [-0.05, 0) is 43.3 Å². The predicted molar refractivity (Wildman–Crippen MR) is 82.9 cm³/mol. The Morgan fingerprint density at radius 2 is 1.86 bits per heavy atom. The number of carbonyl (C=O) groups excluding carboxylic acids is 1. The summed E-state index contributed by atoms with van der Waals surface area (Å²) < 4.78 is 5.45. The molecule has 0 saturated carbocycles. The molecular weight excluding hydrogens is 286 g/mol. The maximum Gasteiger partial charge on any atom is 0.343 e. The summed E-state index contributed by atoms with van der Waals surface area (Å²) in [5.41, 5.74) is 2.16. The minimum atomic E-state index is -0.413. The third kappa shape index (κ3) is 2.73. The molecule has 3 aromatic rings. The third-order valence-corrected chi connectivity index (χ3v) is 3.50. The van der Waals surface area contributed by atoms with Crippen molar-refractivity contribution in [2.75, 3.05) is 0 Å². The second-order valence-corrected chi connectivity index (χ2v) is 5.11. The minimum absolute atomic E-state index is 0.403. The van der Waals surface area contributed by atoms with Crippen LogP contribution in [0.1, 0.15) is 15.9 Å². The number of ether oxygens (including phenoxy) is 1. The summed E-state index contributed by atoms with van der Waals surface area (Å²) in [6.07, 6.45) is 1.64. The van der Waals surface area contributed by atoms with Gasteiger partial charge in [0, 0.05) is 11.6 Å².